The lowest BCUT2D eigenvalue weighted by Crippen LogP contribution is -2.02. The van der Waals surface area contributed by atoms with Gasteiger partial charge in [0.05, 0.1) is 11.4 Å². The number of hydrogen-bond acceptors (Lipinski definition) is 1. The van der Waals surface area contributed by atoms with E-state index in [2.05, 4.69) is 10.2 Å². The number of nitrogens with one attached hydrogen (secondary N) is 2. The molecule has 4 nitrogen and oxygen atoms in total. The molecule has 0 atom stereocenters. The van der Waals surface area contributed by atoms with Crippen molar-refractivity contribution in [3.63, 3.8) is 0 Å². The fourth-order valence-corrected chi connectivity index (χ4v) is 3.08. The third-order valence-corrected chi connectivity index (χ3v) is 3.78. The molecule has 2 aromatic carbocycles. The van der Waals surface area contributed by atoms with E-state index in [0.717, 1.165) is 11.1 Å². The summed E-state index contributed by atoms with van der Waals surface area (Å²) in [6, 6.07) is 14.9. The van der Waals surface area contributed by atoms with Crippen LogP contribution in [0.2, 0.25) is 0 Å². The minimum atomic E-state index is -3.59. The van der Waals surface area contributed by atoms with Crippen LogP contribution in [0.15, 0.2) is 48.5 Å². The maximum Gasteiger partial charge on any atom is 0.389 e. The summed E-state index contributed by atoms with van der Waals surface area (Å²) < 4.78 is 11.9. The zero-order chi connectivity index (χ0) is 11.9. The summed E-state index contributed by atoms with van der Waals surface area (Å²) in [4.78, 5) is 9.78. The monoisotopic (exact) mass is 246 g/mol. The molecule has 0 aromatic heterocycles. The maximum atomic E-state index is 11.9. The normalized spacial score (nSPS) is 15.8. The van der Waals surface area contributed by atoms with Crippen LogP contribution in [0.1, 0.15) is 0 Å². The second-order valence-corrected chi connectivity index (χ2v) is 5.49. The lowest BCUT2D eigenvalue weighted by molar-refractivity contribution is 0.490. The number of anilines is 2. The third-order valence-electron chi connectivity index (χ3n) is 2.69. The fraction of sp³-hybridized carbons (Fsp3) is 0. The molecule has 0 unspecified atom stereocenters. The average molecular weight is 246 g/mol. The van der Waals surface area contributed by atoms with Crippen LogP contribution >= 0.6 is 7.67 Å². The highest BCUT2D eigenvalue weighted by Crippen LogP contribution is 2.49. The Bertz CT molecular complexity index is 576. The van der Waals surface area contributed by atoms with Gasteiger partial charge in [-0.1, -0.05) is 36.4 Å². The number of rotatable bonds is 0. The van der Waals surface area contributed by atoms with Crippen molar-refractivity contribution in [3.8, 4) is 11.1 Å². The smallest absolute Gasteiger partial charge is 0.313 e. The first-order chi connectivity index (χ1) is 8.16. The maximum absolute atomic E-state index is 11.9. The molecule has 0 bridgehead atoms. The van der Waals surface area contributed by atoms with Gasteiger partial charge in [0, 0.05) is 11.1 Å². The highest BCUT2D eigenvalue weighted by atomic mass is 31.2. The summed E-state index contributed by atoms with van der Waals surface area (Å²) in [6.45, 7) is 0. The molecule has 3 rings (SSSR count). The van der Waals surface area contributed by atoms with E-state index in [9.17, 15) is 9.46 Å². The Morgan fingerprint density at radius 1 is 0.824 bits per heavy atom. The van der Waals surface area contributed by atoms with Gasteiger partial charge in [0.1, 0.15) is 0 Å². The Balaban J connectivity index is 2.32. The van der Waals surface area contributed by atoms with Gasteiger partial charge in [0.25, 0.3) is 0 Å². The molecule has 0 aliphatic carbocycles. The van der Waals surface area contributed by atoms with Crippen molar-refractivity contribution in [2.24, 2.45) is 0 Å². The highest BCUT2D eigenvalue weighted by Gasteiger charge is 2.25. The standard InChI is InChI=1S/C12H11N2O2P/c15-17(16)13-11-7-3-1-5-9(11)10-6-2-4-8-12(10)14-17/h1-8H,(H3,13,14,15,16). The summed E-state index contributed by atoms with van der Waals surface area (Å²) in [7, 11) is -3.59. The van der Waals surface area contributed by atoms with E-state index in [1.54, 1.807) is 12.1 Å². The van der Waals surface area contributed by atoms with Crippen LogP contribution < -0.4 is 10.2 Å². The molecule has 0 fully saturated rings. The Morgan fingerprint density at radius 2 is 1.24 bits per heavy atom. The van der Waals surface area contributed by atoms with Crippen molar-refractivity contribution in [1.29, 1.82) is 0 Å². The second kappa shape index (κ2) is 3.62. The van der Waals surface area contributed by atoms with Gasteiger partial charge in [-0.25, -0.2) is 4.57 Å². The molecule has 17 heavy (non-hydrogen) atoms. The van der Waals surface area contributed by atoms with Gasteiger partial charge >= 0.3 is 7.67 Å². The van der Waals surface area contributed by atoms with E-state index in [4.69, 9.17) is 0 Å². The van der Waals surface area contributed by atoms with E-state index in [1.165, 1.54) is 0 Å². The first-order valence-electron chi connectivity index (χ1n) is 5.23. The molecule has 3 N–H and O–H groups in total. The van der Waals surface area contributed by atoms with E-state index in [1.807, 2.05) is 36.4 Å². The molecule has 1 heterocycles. The molecule has 1 aliphatic heterocycles. The van der Waals surface area contributed by atoms with Crippen LogP contribution in [0, 0.1) is 0 Å². The van der Waals surface area contributed by atoms with Gasteiger partial charge < -0.3 is 4.89 Å². The van der Waals surface area contributed by atoms with Crippen molar-refractivity contribution in [1.82, 2.24) is 0 Å². The predicted octanol–water partition coefficient (Wildman–Crippen LogP) is 3.29. The Labute approximate surface area is 98.9 Å². The molecule has 0 radical (unpaired) electrons. The van der Waals surface area contributed by atoms with Gasteiger partial charge in [-0.15, -0.1) is 0 Å². The van der Waals surface area contributed by atoms with Crippen molar-refractivity contribution in [3.05, 3.63) is 48.5 Å². The molecule has 2 aromatic rings. The predicted molar refractivity (Wildman–Crippen MR) is 68.9 cm³/mol. The molecular formula is C12H11N2O2P. The number of benzene rings is 2. The zero-order valence-electron chi connectivity index (χ0n) is 8.92. The van der Waals surface area contributed by atoms with Crippen LogP contribution in [0.5, 0.6) is 0 Å². The second-order valence-electron chi connectivity index (χ2n) is 3.89. The van der Waals surface area contributed by atoms with Gasteiger partial charge in [-0.3, -0.25) is 10.2 Å². The first-order valence-corrected chi connectivity index (χ1v) is 6.89. The third kappa shape index (κ3) is 1.82. The van der Waals surface area contributed by atoms with Gasteiger partial charge in [0.2, 0.25) is 0 Å². The molecule has 1 aliphatic rings. The lowest BCUT2D eigenvalue weighted by atomic mass is 10.0. The van der Waals surface area contributed by atoms with Crippen molar-refractivity contribution >= 4 is 19.0 Å². The summed E-state index contributed by atoms with van der Waals surface area (Å²) in [5.74, 6) is 0. The SMILES string of the molecule is O=P1(O)Nc2ccccc2-c2ccccc2N1. The molecular weight excluding hydrogens is 235 g/mol. The summed E-state index contributed by atoms with van der Waals surface area (Å²) >= 11 is 0. The van der Waals surface area contributed by atoms with Gasteiger partial charge in [-0.05, 0) is 12.1 Å². The summed E-state index contributed by atoms with van der Waals surface area (Å²) in [5.41, 5.74) is 3.16. The van der Waals surface area contributed by atoms with Crippen molar-refractivity contribution in [2.45, 2.75) is 0 Å². The largest absolute Gasteiger partial charge is 0.389 e. The van der Waals surface area contributed by atoms with Crippen molar-refractivity contribution < 1.29 is 9.46 Å². The Hall–Kier alpha value is -1.77. The van der Waals surface area contributed by atoms with E-state index in [0.29, 0.717) is 11.4 Å². The first kappa shape index (κ1) is 10.4. The van der Waals surface area contributed by atoms with E-state index in [-0.39, 0.29) is 0 Å². The zero-order valence-corrected chi connectivity index (χ0v) is 9.82. The number of fused-ring (bicyclic) bond motifs is 3. The molecule has 0 saturated heterocycles. The molecule has 0 saturated carbocycles. The van der Waals surface area contributed by atoms with Crippen LogP contribution in [-0.4, -0.2) is 4.89 Å². The number of hydrogen-bond donors (Lipinski definition) is 3. The molecule has 5 heteroatoms. The van der Waals surface area contributed by atoms with Crippen molar-refractivity contribution in [2.75, 3.05) is 10.2 Å². The molecule has 86 valence electrons. The van der Waals surface area contributed by atoms with Crippen LogP contribution in [0.25, 0.3) is 11.1 Å². The highest BCUT2D eigenvalue weighted by molar-refractivity contribution is 7.61. The minimum Gasteiger partial charge on any atom is -0.313 e. The van der Waals surface area contributed by atoms with Crippen LogP contribution in [-0.2, 0) is 4.57 Å². The number of para-hydroxylation sites is 2. The molecule has 0 spiro atoms. The average Bonchev–Trinajstić information content (AvgIpc) is 2.40. The van der Waals surface area contributed by atoms with Gasteiger partial charge in [0.15, 0.2) is 0 Å². The van der Waals surface area contributed by atoms with Crippen LogP contribution in [0.3, 0.4) is 0 Å². The fourth-order valence-electron chi connectivity index (χ4n) is 1.99. The van der Waals surface area contributed by atoms with Crippen LogP contribution in [0.4, 0.5) is 11.4 Å². The quantitative estimate of drug-likeness (QED) is 0.624. The topological polar surface area (TPSA) is 61.4 Å². The Kier molecular flexibility index (Phi) is 2.21. The van der Waals surface area contributed by atoms with E-state index < -0.39 is 7.67 Å². The minimum absolute atomic E-state index is 0.663. The van der Waals surface area contributed by atoms with Gasteiger partial charge in [-0.2, -0.15) is 0 Å². The lowest BCUT2D eigenvalue weighted by Gasteiger charge is -2.13. The summed E-state index contributed by atoms with van der Waals surface area (Å²) in [5, 5.41) is 5.29. The molecule has 0 amide bonds. The summed E-state index contributed by atoms with van der Waals surface area (Å²) in [6.07, 6.45) is 0. The van der Waals surface area contributed by atoms with E-state index >= 15 is 0 Å². The Morgan fingerprint density at radius 3 is 1.71 bits per heavy atom.